The summed E-state index contributed by atoms with van der Waals surface area (Å²) in [6.07, 6.45) is 7.72. The van der Waals surface area contributed by atoms with Gasteiger partial charge >= 0.3 is 0 Å². The molecule has 0 bridgehead atoms. The molecule has 1 atom stereocenters. The molecule has 1 amide bonds. The van der Waals surface area contributed by atoms with Crippen molar-refractivity contribution in [1.29, 1.82) is 0 Å². The van der Waals surface area contributed by atoms with Gasteiger partial charge in [-0.1, -0.05) is 0 Å². The van der Waals surface area contributed by atoms with Gasteiger partial charge in [-0.05, 0) is 44.0 Å². The number of rotatable bonds is 5. The number of aromatic amines is 1. The van der Waals surface area contributed by atoms with Crippen molar-refractivity contribution in [2.45, 2.75) is 38.6 Å². The molecule has 28 heavy (non-hydrogen) atoms. The van der Waals surface area contributed by atoms with Crippen LogP contribution in [0.15, 0.2) is 30.7 Å². The van der Waals surface area contributed by atoms with Crippen LogP contribution in [0.2, 0.25) is 0 Å². The minimum Gasteiger partial charge on any atom is -0.348 e. The van der Waals surface area contributed by atoms with Crippen molar-refractivity contribution >= 4 is 5.91 Å². The van der Waals surface area contributed by atoms with Gasteiger partial charge in [0.25, 0.3) is 0 Å². The first-order chi connectivity index (χ1) is 13.5. The summed E-state index contributed by atoms with van der Waals surface area (Å²) >= 11 is 0. The number of hydrogen-bond acceptors (Lipinski definition) is 3. The molecule has 2 aliphatic rings. The monoisotopic (exact) mass is 388 g/mol. The molecule has 2 aliphatic heterocycles. The van der Waals surface area contributed by atoms with Gasteiger partial charge in [-0.25, -0.2) is 13.8 Å². The largest absolute Gasteiger partial charge is 0.348 e. The number of carbonyl (C=O) groups excluding carboxylic acids is 1. The van der Waals surface area contributed by atoms with Crippen LogP contribution < -0.4 is 0 Å². The standard InChI is InChI=1S/C21H26F2N4O/c22-17-2-3-19(23)16(10-17)12-26-8-1-6-21(13-26)7-4-20(28)27(14-21)9-5-18-11-24-15-25-18/h2-3,10-11,15H,1,4-9,12-14H2,(H,24,25)/t21-/m1/s1. The number of imidazole rings is 1. The zero-order chi connectivity index (χ0) is 19.6. The molecule has 4 rings (SSSR count). The molecule has 2 fully saturated rings. The van der Waals surface area contributed by atoms with Gasteiger partial charge in [0, 0.05) is 61.9 Å². The SMILES string of the molecule is O=C1CC[C@@]2(CCCN(Cc3cc(F)ccc3F)C2)CN1CCc1cnc[nH]1. The van der Waals surface area contributed by atoms with E-state index in [-0.39, 0.29) is 17.1 Å². The number of aromatic nitrogens is 2. The van der Waals surface area contributed by atoms with Crippen LogP contribution >= 0.6 is 0 Å². The zero-order valence-corrected chi connectivity index (χ0v) is 16.0. The molecule has 2 aromatic rings. The van der Waals surface area contributed by atoms with E-state index in [0.717, 1.165) is 57.1 Å². The number of halogens is 2. The lowest BCUT2D eigenvalue weighted by atomic mass is 9.73. The number of benzene rings is 1. The Morgan fingerprint density at radius 1 is 1.21 bits per heavy atom. The van der Waals surface area contributed by atoms with Crippen molar-refractivity contribution in [3.8, 4) is 0 Å². The molecule has 0 radical (unpaired) electrons. The van der Waals surface area contributed by atoms with Crippen molar-refractivity contribution in [2.75, 3.05) is 26.2 Å². The summed E-state index contributed by atoms with van der Waals surface area (Å²) in [5.74, 6) is -0.559. The fourth-order valence-electron chi connectivity index (χ4n) is 4.67. The molecule has 150 valence electrons. The smallest absolute Gasteiger partial charge is 0.222 e. The predicted octanol–water partition coefficient (Wildman–Crippen LogP) is 3.14. The Labute approximate surface area is 163 Å². The van der Waals surface area contributed by atoms with E-state index < -0.39 is 5.82 Å². The fraction of sp³-hybridized carbons (Fsp3) is 0.524. The lowest BCUT2D eigenvalue weighted by Crippen LogP contribution is -2.54. The van der Waals surface area contributed by atoms with Crippen LogP contribution in [0, 0.1) is 17.0 Å². The number of H-pyrrole nitrogens is 1. The third-order valence-corrected chi connectivity index (χ3v) is 6.10. The molecule has 2 saturated heterocycles. The molecule has 7 heteroatoms. The lowest BCUT2D eigenvalue weighted by molar-refractivity contribution is -0.139. The van der Waals surface area contributed by atoms with Gasteiger partial charge in [0.15, 0.2) is 0 Å². The maximum Gasteiger partial charge on any atom is 0.222 e. The summed E-state index contributed by atoms with van der Waals surface area (Å²) in [5.41, 5.74) is 1.48. The van der Waals surface area contributed by atoms with E-state index in [0.29, 0.717) is 25.1 Å². The maximum absolute atomic E-state index is 14.1. The second-order valence-corrected chi connectivity index (χ2v) is 8.19. The van der Waals surface area contributed by atoms with E-state index in [4.69, 9.17) is 0 Å². The van der Waals surface area contributed by atoms with Crippen molar-refractivity contribution in [3.05, 3.63) is 53.6 Å². The van der Waals surface area contributed by atoms with Crippen LogP contribution in [0.5, 0.6) is 0 Å². The van der Waals surface area contributed by atoms with Gasteiger partial charge in [-0.3, -0.25) is 9.69 Å². The van der Waals surface area contributed by atoms with E-state index in [2.05, 4.69) is 14.9 Å². The number of nitrogens with one attached hydrogen (secondary N) is 1. The molecule has 1 N–H and O–H groups in total. The Morgan fingerprint density at radius 3 is 2.93 bits per heavy atom. The first-order valence-electron chi connectivity index (χ1n) is 9.94. The number of nitrogens with zero attached hydrogens (tertiary/aromatic N) is 3. The fourth-order valence-corrected chi connectivity index (χ4v) is 4.67. The Bertz CT molecular complexity index is 826. The molecule has 1 spiro atoms. The second kappa shape index (κ2) is 7.99. The van der Waals surface area contributed by atoms with Crippen LogP contribution in [0.25, 0.3) is 0 Å². The first-order valence-corrected chi connectivity index (χ1v) is 9.94. The van der Waals surface area contributed by atoms with E-state index in [1.165, 1.54) is 12.1 Å². The normalized spacial score (nSPS) is 23.5. The van der Waals surface area contributed by atoms with Gasteiger partial charge in [0.2, 0.25) is 5.91 Å². The van der Waals surface area contributed by atoms with Crippen LogP contribution in [-0.2, 0) is 17.8 Å². The van der Waals surface area contributed by atoms with Gasteiger partial charge in [-0.15, -0.1) is 0 Å². The van der Waals surface area contributed by atoms with Crippen LogP contribution in [0.3, 0.4) is 0 Å². The van der Waals surface area contributed by atoms with Gasteiger partial charge < -0.3 is 9.88 Å². The Hall–Kier alpha value is -2.28. The van der Waals surface area contributed by atoms with Gasteiger partial charge in [0.05, 0.1) is 6.33 Å². The first kappa shape index (κ1) is 19.1. The van der Waals surface area contributed by atoms with Crippen molar-refractivity contribution < 1.29 is 13.6 Å². The summed E-state index contributed by atoms with van der Waals surface area (Å²) in [4.78, 5) is 23.7. The Kier molecular flexibility index (Phi) is 5.44. The molecular weight excluding hydrogens is 362 g/mol. The second-order valence-electron chi connectivity index (χ2n) is 8.19. The highest BCUT2D eigenvalue weighted by molar-refractivity contribution is 5.77. The summed E-state index contributed by atoms with van der Waals surface area (Å²) < 4.78 is 27.6. The highest BCUT2D eigenvalue weighted by Crippen LogP contribution is 2.39. The highest BCUT2D eigenvalue weighted by Gasteiger charge is 2.41. The van der Waals surface area contributed by atoms with Gasteiger partial charge in [-0.2, -0.15) is 0 Å². The average molecular weight is 388 g/mol. The minimum absolute atomic E-state index is 0.0456. The molecule has 0 unspecified atom stereocenters. The predicted molar refractivity (Wildman–Crippen MR) is 101 cm³/mol. The number of carbonyl (C=O) groups is 1. The summed E-state index contributed by atoms with van der Waals surface area (Å²) in [6, 6.07) is 3.64. The zero-order valence-electron chi connectivity index (χ0n) is 16.0. The summed E-state index contributed by atoms with van der Waals surface area (Å²) in [7, 11) is 0. The average Bonchev–Trinajstić information content (AvgIpc) is 3.20. The Balaban J connectivity index is 1.41. The molecule has 1 aromatic heterocycles. The van der Waals surface area contributed by atoms with Crippen LogP contribution in [-0.4, -0.2) is 51.9 Å². The minimum atomic E-state index is -0.406. The lowest BCUT2D eigenvalue weighted by Gasteiger charge is -2.48. The molecule has 0 aliphatic carbocycles. The third-order valence-electron chi connectivity index (χ3n) is 6.10. The topological polar surface area (TPSA) is 52.2 Å². The van der Waals surface area contributed by atoms with Gasteiger partial charge in [0.1, 0.15) is 11.6 Å². The molecule has 0 saturated carbocycles. The summed E-state index contributed by atoms with van der Waals surface area (Å²) in [5, 5.41) is 0. The van der Waals surface area contributed by atoms with Crippen molar-refractivity contribution in [3.63, 3.8) is 0 Å². The quantitative estimate of drug-likeness (QED) is 0.856. The van der Waals surface area contributed by atoms with Crippen molar-refractivity contribution in [1.82, 2.24) is 19.8 Å². The van der Waals surface area contributed by atoms with Crippen LogP contribution in [0.1, 0.15) is 36.9 Å². The van der Waals surface area contributed by atoms with E-state index in [1.54, 1.807) is 12.5 Å². The summed E-state index contributed by atoms with van der Waals surface area (Å²) in [6.45, 7) is 3.52. The maximum atomic E-state index is 14.1. The van der Waals surface area contributed by atoms with E-state index >= 15 is 0 Å². The number of likely N-dealkylation sites (tertiary alicyclic amines) is 2. The Morgan fingerprint density at radius 2 is 2.11 bits per heavy atom. The number of piperidine rings is 2. The molecule has 5 nitrogen and oxygen atoms in total. The van der Waals surface area contributed by atoms with Crippen molar-refractivity contribution in [2.24, 2.45) is 5.41 Å². The molecule has 1 aromatic carbocycles. The number of amides is 1. The van der Waals surface area contributed by atoms with E-state index in [1.807, 2.05) is 4.90 Å². The number of hydrogen-bond donors (Lipinski definition) is 1. The molecular formula is C21H26F2N4O. The van der Waals surface area contributed by atoms with E-state index in [9.17, 15) is 13.6 Å². The third kappa shape index (κ3) is 4.24. The highest BCUT2D eigenvalue weighted by atomic mass is 19.1. The molecule has 3 heterocycles. The van der Waals surface area contributed by atoms with Crippen LogP contribution in [0.4, 0.5) is 8.78 Å².